The van der Waals surface area contributed by atoms with Crippen molar-refractivity contribution in [2.75, 3.05) is 0 Å². The Hall–Kier alpha value is -0.380. The first-order valence-corrected chi connectivity index (χ1v) is 3.97. The summed E-state index contributed by atoms with van der Waals surface area (Å²) in [5.41, 5.74) is 0.235. The maximum absolute atomic E-state index is 12.8. The standard InChI is InChI=1S/C7H6Cl2FNO/c1-3(12)4-2-5(10)7(9)11-6(4)8/h2-3,12H,1H3/t3-/m1/s1. The van der Waals surface area contributed by atoms with Crippen molar-refractivity contribution < 1.29 is 9.50 Å². The molecule has 1 rings (SSSR count). The van der Waals surface area contributed by atoms with E-state index in [-0.39, 0.29) is 15.9 Å². The minimum absolute atomic E-state index is 0.0244. The van der Waals surface area contributed by atoms with E-state index in [1.807, 2.05) is 0 Å². The molecule has 0 saturated carbocycles. The smallest absolute Gasteiger partial charge is 0.166 e. The first-order valence-electron chi connectivity index (χ1n) is 3.22. The zero-order valence-electron chi connectivity index (χ0n) is 6.18. The van der Waals surface area contributed by atoms with Crippen LogP contribution in [0.1, 0.15) is 18.6 Å². The average molecular weight is 210 g/mol. The zero-order valence-corrected chi connectivity index (χ0v) is 7.69. The highest BCUT2D eigenvalue weighted by molar-refractivity contribution is 6.32. The Morgan fingerprint density at radius 2 is 2.08 bits per heavy atom. The van der Waals surface area contributed by atoms with Gasteiger partial charge >= 0.3 is 0 Å². The summed E-state index contributed by atoms with van der Waals surface area (Å²) in [7, 11) is 0. The van der Waals surface area contributed by atoms with E-state index in [4.69, 9.17) is 28.3 Å². The van der Waals surface area contributed by atoms with Gasteiger partial charge in [-0.3, -0.25) is 0 Å². The molecule has 0 aliphatic carbocycles. The number of aromatic nitrogens is 1. The molecule has 0 fully saturated rings. The van der Waals surface area contributed by atoms with Crippen molar-refractivity contribution in [2.24, 2.45) is 0 Å². The molecule has 0 spiro atoms. The van der Waals surface area contributed by atoms with Gasteiger partial charge in [-0.05, 0) is 13.0 Å². The van der Waals surface area contributed by atoms with Crippen LogP contribution in [0, 0.1) is 5.82 Å². The molecule has 5 heteroatoms. The maximum atomic E-state index is 12.8. The minimum Gasteiger partial charge on any atom is -0.389 e. The molecule has 1 atom stereocenters. The molecule has 0 unspecified atom stereocenters. The first-order chi connectivity index (χ1) is 5.52. The lowest BCUT2D eigenvalue weighted by Gasteiger charge is -2.06. The first kappa shape index (κ1) is 9.71. The minimum atomic E-state index is -0.850. The van der Waals surface area contributed by atoms with Gasteiger partial charge in [-0.2, -0.15) is 0 Å². The monoisotopic (exact) mass is 209 g/mol. The van der Waals surface area contributed by atoms with Gasteiger partial charge in [0.05, 0.1) is 6.10 Å². The van der Waals surface area contributed by atoms with E-state index in [0.717, 1.165) is 6.07 Å². The molecule has 0 aliphatic heterocycles. The molecule has 1 aromatic rings. The number of hydrogen-bond donors (Lipinski definition) is 1. The second kappa shape index (κ2) is 3.56. The summed E-state index contributed by atoms with van der Waals surface area (Å²) in [6.07, 6.45) is -0.850. The molecular weight excluding hydrogens is 204 g/mol. The summed E-state index contributed by atoms with van der Waals surface area (Å²) in [5, 5.41) is 8.82. The van der Waals surface area contributed by atoms with Gasteiger partial charge in [0.15, 0.2) is 11.0 Å². The van der Waals surface area contributed by atoms with Crippen LogP contribution in [-0.4, -0.2) is 10.1 Å². The van der Waals surface area contributed by atoms with Gasteiger partial charge in [-0.25, -0.2) is 9.37 Å². The maximum Gasteiger partial charge on any atom is 0.166 e. The zero-order chi connectivity index (χ0) is 9.30. The van der Waals surface area contributed by atoms with Gasteiger partial charge < -0.3 is 5.11 Å². The van der Waals surface area contributed by atoms with Gasteiger partial charge in [-0.15, -0.1) is 0 Å². The summed E-state index contributed by atoms with van der Waals surface area (Å²) >= 11 is 10.9. The molecule has 2 nitrogen and oxygen atoms in total. The Kier molecular flexibility index (Phi) is 2.88. The Balaban J connectivity index is 3.23. The van der Waals surface area contributed by atoms with Crippen LogP contribution >= 0.6 is 23.2 Å². The highest BCUT2D eigenvalue weighted by atomic mass is 35.5. The molecule has 0 amide bonds. The molecule has 0 bridgehead atoms. The molecule has 1 heterocycles. The Bertz CT molecular complexity index is 304. The number of aliphatic hydroxyl groups is 1. The van der Waals surface area contributed by atoms with Gasteiger partial charge in [0, 0.05) is 5.56 Å². The number of rotatable bonds is 1. The van der Waals surface area contributed by atoms with Crippen LogP contribution in [0.15, 0.2) is 6.07 Å². The quantitative estimate of drug-likeness (QED) is 0.722. The van der Waals surface area contributed by atoms with E-state index in [0.29, 0.717) is 0 Å². The highest BCUT2D eigenvalue weighted by Crippen LogP contribution is 2.24. The third kappa shape index (κ3) is 1.86. The van der Waals surface area contributed by atoms with Crippen molar-refractivity contribution in [3.05, 3.63) is 27.8 Å². The van der Waals surface area contributed by atoms with Gasteiger partial charge in [0.1, 0.15) is 5.15 Å². The van der Waals surface area contributed by atoms with Gasteiger partial charge in [0.25, 0.3) is 0 Å². The number of aliphatic hydroxyl groups excluding tert-OH is 1. The molecule has 0 saturated heterocycles. The molecule has 0 aliphatic rings. The fraction of sp³-hybridized carbons (Fsp3) is 0.286. The van der Waals surface area contributed by atoms with Crippen molar-refractivity contribution in [1.29, 1.82) is 0 Å². The molecule has 0 aromatic carbocycles. The second-order valence-corrected chi connectivity index (χ2v) is 3.03. The third-order valence-electron chi connectivity index (χ3n) is 1.36. The largest absolute Gasteiger partial charge is 0.389 e. The van der Waals surface area contributed by atoms with E-state index >= 15 is 0 Å². The van der Waals surface area contributed by atoms with Crippen LogP contribution in [0.4, 0.5) is 4.39 Å². The van der Waals surface area contributed by atoms with Crippen LogP contribution in [0.3, 0.4) is 0 Å². The van der Waals surface area contributed by atoms with Crippen LogP contribution in [0.5, 0.6) is 0 Å². The Morgan fingerprint density at radius 1 is 1.50 bits per heavy atom. The van der Waals surface area contributed by atoms with Crippen LogP contribution < -0.4 is 0 Å². The van der Waals surface area contributed by atoms with Gasteiger partial charge in [0.2, 0.25) is 0 Å². The highest BCUT2D eigenvalue weighted by Gasteiger charge is 2.12. The molecule has 1 aromatic heterocycles. The van der Waals surface area contributed by atoms with Crippen molar-refractivity contribution in [3.63, 3.8) is 0 Å². The topological polar surface area (TPSA) is 33.1 Å². The van der Waals surface area contributed by atoms with Crippen LogP contribution in [0.2, 0.25) is 10.3 Å². The van der Waals surface area contributed by atoms with E-state index in [2.05, 4.69) is 4.98 Å². The Labute approximate surface area is 78.9 Å². The van der Waals surface area contributed by atoms with Crippen molar-refractivity contribution in [2.45, 2.75) is 13.0 Å². The summed E-state index contributed by atoms with van der Waals surface area (Å²) in [6, 6.07) is 1.07. The van der Waals surface area contributed by atoms with Crippen molar-refractivity contribution >= 4 is 23.2 Å². The normalized spacial score (nSPS) is 13.1. The van der Waals surface area contributed by atoms with E-state index in [9.17, 15) is 4.39 Å². The summed E-state index contributed by atoms with van der Waals surface area (Å²) in [6.45, 7) is 1.47. The van der Waals surface area contributed by atoms with E-state index in [1.165, 1.54) is 6.92 Å². The fourth-order valence-corrected chi connectivity index (χ4v) is 1.23. The molecule has 66 valence electrons. The molecule has 1 N–H and O–H groups in total. The molecule has 0 radical (unpaired) electrons. The molecular formula is C7H6Cl2FNO. The summed E-state index contributed by atoms with van der Waals surface area (Å²) in [5.74, 6) is -0.683. The number of hydrogen-bond acceptors (Lipinski definition) is 2. The predicted molar refractivity (Wildman–Crippen MR) is 44.8 cm³/mol. The van der Waals surface area contributed by atoms with Gasteiger partial charge in [-0.1, -0.05) is 23.2 Å². The third-order valence-corrected chi connectivity index (χ3v) is 1.93. The van der Waals surface area contributed by atoms with Crippen molar-refractivity contribution in [3.8, 4) is 0 Å². The average Bonchev–Trinajstić information content (AvgIpc) is 1.96. The summed E-state index contributed by atoms with van der Waals surface area (Å²) in [4.78, 5) is 3.49. The Morgan fingerprint density at radius 3 is 2.58 bits per heavy atom. The predicted octanol–water partition coefficient (Wildman–Crippen LogP) is 2.58. The van der Waals surface area contributed by atoms with Crippen molar-refractivity contribution in [1.82, 2.24) is 4.98 Å². The fourth-order valence-electron chi connectivity index (χ4n) is 0.753. The molecule has 12 heavy (non-hydrogen) atoms. The lowest BCUT2D eigenvalue weighted by Crippen LogP contribution is -1.96. The van der Waals surface area contributed by atoms with Crippen LogP contribution in [0.25, 0.3) is 0 Å². The van der Waals surface area contributed by atoms with E-state index < -0.39 is 11.9 Å². The SMILES string of the molecule is C[C@@H](O)c1cc(F)c(Cl)nc1Cl. The second-order valence-electron chi connectivity index (χ2n) is 2.32. The number of halogens is 3. The lowest BCUT2D eigenvalue weighted by molar-refractivity contribution is 0.198. The lowest BCUT2D eigenvalue weighted by atomic mass is 10.2. The van der Waals surface area contributed by atoms with E-state index in [1.54, 1.807) is 0 Å². The summed E-state index contributed by atoms with van der Waals surface area (Å²) < 4.78 is 12.8. The number of nitrogens with zero attached hydrogens (tertiary/aromatic N) is 1. The van der Waals surface area contributed by atoms with Crippen LogP contribution in [-0.2, 0) is 0 Å². The number of pyridine rings is 1.